The number of hydrogen-bond acceptors (Lipinski definition) is 3. The van der Waals surface area contributed by atoms with Gasteiger partial charge in [0, 0.05) is 16.9 Å². The van der Waals surface area contributed by atoms with Crippen molar-refractivity contribution in [1.29, 1.82) is 0 Å². The zero-order valence-corrected chi connectivity index (χ0v) is 9.79. The van der Waals surface area contributed by atoms with Gasteiger partial charge in [0.2, 0.25) is 0 Å². The smallest absolute Gasteiger partial charge is 0.186 e. The summed E-state index contributed by atoms with van der Waals surface area (Å²) in [6.45, 7) is 0. The highest BCUT2D eigenvalue weighted by atomic mass is 79.9. The zero-order valence-electron chi connectivity index (χ0n) is 8.21. The molecule has 3 aromatic heterocycles. The Balaban J connectivity index is 2.22. The quantitative estimate of drug-likeness (QED) is 0.685. The highest BCUT2D eigenvalue weighted by Crippen LogP contribution is 2.17. The first kappa shape index (κ1) is 9.47. The van der Waals surface area contributed by atoms with Crippen LogP contribution in [0.5, 0.6) is 0 Å². The van der Waals surface area contributed by atoms with Gasteiger partial charge in [0.15, 0.2) is 11.5 Å². The van der Waals surface area contributed by atoms with Crippen LogP contribution in [0.1, 0.15) is 0 Å². The average Bonchev–Trinajstić information content (AvgIpc) is 2.74. The summed E-state index contributed by atoms with van der Waals surface area (Å²) in [7, 11) is 0. The predicted octanol–water partition coefficient (Wildman–Crippen LogP) is 2.55. The summed E-state index contributed by atoms with van der Waals surface area (Å²) in [6.07, 6.45) is 3.67. The first-order chi connectivity index (χ1) is 7.84. The van der Waals surface area contributed by atoms with Crippen molar-refractivity contribution in [3.05, 3.63) is 47.2 Å². The third-order valence-corrected chi connectivity index (χ3v) is 2.74. The van der Waals surface area contributed by atoms with E-state index in [0.29, 0.717) is 0 Å². The van der Waals surface area contributed by atoms with Crippen molar-refractivity contribution in [1.82, 2.24) is 19.6 Å². The van der Waals surface area contributed by atoms with Crippen LogP contribution in [0.3, 0.4) is 0 Å². The summed E-state index contributed by atoms with van der Waals surface area (Å²) in [5.74, 6) is 0.753. The van der Waals surface area contributed by atoms with E-state index < -0.39 is 0 Å². The fraction of sp³-hybridized carbons (Fsp3) is 0. The molecule has 0 fully saturated rings. The maximum Gasteiger partial charge on any atom is 0.186 e. The minimum atomic E-state index is 0.753. The molecule has 4 nitrogen and oxygen atoms in total. The Kier molecular flexibility index (Phi) is 2.18. The Hall–Kier alpha value is -1.75. The van der Waals surface area contributed by atoms with Gasteiger partial charge in [0.1, 0.15) is 5.69 Å². The number of halogens is 1. The predicted molar refractivity (Wildman–Crippen MR) is 63.9 cm³/mol. The van der Waals surface area contributed by atoms with Crippen LogP contribution in [0.15, 0.2) is 47.2 Å². The van der Waals surface area contributed by atoms with Crippen molar-refractivity contribution in [2.24, 2.45) is 0 Å². The molecule has 3 rings (SSSR count). The molecular weight excluding hydrogens is 268 g/mol. The van der Waals surface area contributed by atoms with E-state index in [1.54, 1.807) is 6.20 Å². The zero-order chi connectivity index (χ0) is 11.0. The summed E-state index contributed by atoms with van der Waals surface area (Å²) in [5, 5.41) is 8.21. The van der Waals surface area contributed by atoms with E-state index in [2.05, 4.69) is 31.1 Å². The number of pyridine rings is 2. The molecule has 0 saturated carbocycles. The Morgan fingerprint density at radius 2 is 2.00 bits per heavy atom. The van der Waals surface area contributed by atoms with Gasteiger partial charge in [-0.05, 0) is 40.2 Å². The molecule has 5 heteroatoms. The highest BCUT2D eigenvalue weighted by molar-refractivity contribution is 9.10. The largest absolute Gasteiger partial charge is 0.281 e. The van der Waals surface area contributed by atoms with Gasteiger partial charge in [0.25, 0.3) is 0 Å². The number of nitrogens with zero attached hydrogens (tertiary/aromatic N) is 4. The van der Waals surface area contributed by atoms with E-state index in [1.165, 1.54) is 0 Å². The average molecular weight is 275 g/mol. The molecule has 3 heterocycles. The second kappa shape index (κ2) is 3.68. The lowest BCUT2D eigenvalue weighted by Gasteiger charge is -1.98. The maximum absolute atomic E-state index is 4.30. The van der Waals surface area contributed by atoms with Crippen LogP contribution in [-0.2, 0) is 0 Å². The van der Waals surface area contributed by atoms with Gasteiger partial charge in [0.05, 0.1) is 0 Å². The van der Waals surface area contributed by atoms with Crippen molar-refractivity contribution in [3.8, 4) is 11.5 Å². The second-order valence-corrected chi connectivity index (χ2v) is 4.23. The SMILES string of the molecule is Brc1ccc(-c2nnc3ccccn23)nc1. The van der Waals surface area contributed by atoms with Crippen LogP contribution in [0.2, 0.25) is 0 Å². The Morgan fingerprint density at radius 3 is 2.81 bits per heavy atom. The van der Waals surface area contributed by atoms with Crippen LogP contribution < -0.4 is 0 Å². The highest BCUT2D eigenvalue weighted by Gasteiger charge is 2.07. The molecule has 0 spiro atoms. The van der Waals surface area contributed by atoms with Crippen molar-refractivity contribution in [2.45, 2.75) is 0 Å². The minimum Gasteiger partial charge on any atom is -0.281 e. The van der Waals surface area contributed by atoms with Crippen LogP contribution in [0.4, 0.5) is 0 Å². The van der Waals surface area contributed by atoms with Gasteiger partial charge in [-0.25, -0.2) is 0 Å². The lowest BCUT2D eigenvalue weighted by atomic mass is 10.3. The number of hydrogen-bond donors (Lipinski definition) is 0. The molecule has 0 aliphatic rings. The van der Waals surface area contributed by atoms with E-state index >= 15 is 0 Å². The molecule has 0 aliphatic heterocycles. The Labute approximate surface area is 100 Å². The molecule has 0 aliphatic carbocycles. The summed E-state index contributed by atoms with van der Waals surface area (Å²) in [5.41, 5.74) is 1.63. The summed E-state index contributed by atoms with van der Waals surface area (Å²) in [6, 6.07) is 9.64. The van der Waals surface area contributed by atoms with Crippen molar-refractivity contribution in [2.75, 3.05) is 0 Å². The number of rotatable bonds is 1. The van der Waals surface area contributed by atoms with Crippen molar-refractivity contribution >= 4 is 21.6 Å². The van der Waals surface area contributed by atoms with Gasteiger partial charge in [-0.1, -0.05) is 6.07 Å². The number of aromatic nitrogens is 4. The van der Waals surface area contributed by atoms with E-state index in [1.807, 2.05) is 40.9 Å². The van der Waals surface area contributed by atoms with Crippen LogP contribution >= 0.6 is 15.9 Å². The van der Waals surface area contributed by atoms with Crippen LogP contribution in [0, 0.1) is 0 Å². The summed E-state index contributed by atoms with van der Waals surface area (Å²) < 4.78 is 2.86. The van der Waals surface area contributed by atoms with Gasteiger partial charge in [-0.15, -0.1) is 10.2 Å². The number of fused-ring (bicyclic) bond motifs is 1. The van der Waals surface area contributed by atoms with E-state index in [0.717, 1.165) is 21.6 Å². The molecule has 0 bridgehead atoms. The van der Waals surface area contributed by atoms with Gasteiger partial charge >= 0.3 is 0 Å². The lowest BCUT2D eigenvalue weighted by Crippen LogP contribution is -1.90. The Bertz CT molecular complexity index is 630. The molecule has 78 valence electrons. The van der Waals surface area contributed by atoms with Gasteiger partial charge < -0.3 is 0 Å². The van der Waals surface area contributed by atoms with Crippen LogP contribution in [-0.4, -0.2) is 19.6 Å². The lowest BCUT2D eigenvalue weighted by molar-refractivity contribution is 1.09. The first-order valence-corrected chi connectivity index (χ1v) is 5.55. The molecule has 0 N–H and O–H groups in total. The van der Waals surface area contributed by atoms with E-state index in [-0.39, 0.29) is 0 Å². The van der Waals surface area contributed by atoms with Crippen molar-refractivity contribution < 1.29 is 0 Å². The first-order valence-electron chi connectivity index (χ1n) is 4.76. The standard InChI is InChI=1S/C11H7BrN4/c12-8-4-5-9(13-7-8)11-15-14-10-3-1-2-6-16(10)11/h1-7H. The Morgan fingerprint density at radius 1 is 1.06 bits per heavy atom. The normalized spacial score (nSPS) is 10.8. The molecule has 0 radical (unpaired) electrons. The molecule has 0 saturated heterocycles. The monoisotopic (exact) mass is 274 g/mol. The van der Waals surface area contributed by atoms with Gasteiger partial charge in [-0.3, -0.25) is 9.38 Å². The molecule has 0 amide bonds. The molecule has 16 heavy (non-hydrogen) atoms. The fourth-order valence-corrected chi connectivity index (χ4v) is 1.76. The maximum atomic E-state index is 4.30. The topological polar surface area (TPSA) is 43.1 Å². The van der Waals surface area contributed by atoms with E-state index in [4.69, 9.17) is 0 Å². The van der Waals surface area contributed by atoms with Gasteiger partial charge in [-0.2, -0.15) is 0 Å². The third-order valence-electron chi connectivity index (χ3n) is 2.27. The van der Waals surface area contributed by atoms with Crippen LogP contribution in [0.25, 0.3) is 17.2 Å². The third kappa shape index (κ3) is 1.49. The molecule has 0 unspecified atom stereocenters. The molecule has 3 aromatic rings. The molecule has 0 aromatic carbocycles. The summed E-state index contributed by atoms with van der Waals surface area (Å²) in [4.78, 5) is 4.30. The molecular formula is C11H7BrN4. The fourth-order valence-electron chi connectivity index (χ4n) is 1.52. The second-order valence-electron chi connectivity index (χ2n) is 3.31. The van der Waals surface area contributed by atoms with Crippen molar-refractivity contribution in [3.63, 3.8) is 0 Å². The van der Waals surface area contributed by atoms with E-state index in [9.17, 15) is 0 Å². The summed E-state index contributed by atoms with van der Waals surface area (Å²) >= 11 is 3.35. The minimum absolute atomic E-state index is 0.753. The molecule has 0 atom stereocenters.